The molecule has 0 aromatic rings. The number of ether oxygens (including phenoxy) is 1. The van der Waals surface area contributed by atoms with Gasteiger partial charge in [0.1, 0.15) is 0 Å². The van der Waals surface area contributed by atoms with Crippen molar-refractivity contribution < 1.29 is 4.74 Å². The first-order valence-electron chi connectivity index (χ1n) is 3.96. The van der Waals surface area contributed by atoms with Crippen molar-refractivity contribution in [2.75, 3.05) is 11.9 Å². The van der Waals surface area contributed by atoms with Gasteiger partial charge in [-0.15, -0.1) is 0 Å². The summed E-state index contributed by atoms with van der Waals surface area (Å²) < 4.78 is 5.14. The van der Waals surface area contributed by atoms with Crippen LogP contribution in [0.5, 0.6) is 0 Å². The van der Waals surface area contributed by atoms with Gasteiger partial charge in [-0.05, 0) is 25.1 Å². The molecule has 0 saturated carbocycles. The topological polar surface area (TPSA) is 9.23 Å². The second-order valence-corrected chi connectivity index (χ2v) is 3.81. The maximum atomic E-state index is 5.14. The summed E-state index contributed by atoms with van der Waals surface area (Å²) in [6.45, 7) is 2.60. The lowest BCUT2D eigenvalue weighted by Gasteiger charge is -2.02. The van der Waals surface area contributed by atoms with E-state index in [9.17, 15) is 0 Å². The molecule has 0 rings (SSSR count). The summed E-state index contributed by atoms with van der Waals surface area (Å²) in [5, 5.41) is 1.77. The highest BCUT2D eigenvalue weighted by Gasteiger charge is 1.90. The molecule has 0 N–H and O–H groups in total. The third-order valence-corrected chi connectivity index (χ3v) is 2.01. The molecule has 11 heavy (non-hydrogen) atoms. The Balaban J connectivity index is 2.85. The van der Waals surface area contributed by atoms with Crippen molar-refractivity contribution >= 4 is 33.2 Å². The first-order valence-corrected chi connectivity index (χ1v) is 5.49. The first-order chi connectivity index (χ1) is 5.27. The van der Waals surface area contributed by atoms with Crippen LogP contribution in [-0.4, -0.2) is 17.0 Å². The molecule has 0 spiro atoms. The van der Waals surface area contributed by atoms with E-state index in [0.717, 1.165) is 18.4 Å². The molecule has 66 valence electrons. The first kappa shape index (κ1) is 11.4. The molecule has 1 nitrogen and oxygen atoms in total. The molecule has 0 aliphatic carbocycles. The van der Waals surface area contributed by atoms with Gasteiger partial charge in [-0.1, -0.05) is 28.8 Å². The number of rotatable bonds is 6. The molecule has 0 radical (unpaired) electrons. The second-order valence-electron chi connectivity index (χ2n) is 2.44. The molecule has 0 heterocycles. The van der Waals surface area contributed by atoms with Gasteiger partial charge in [0.05, 0.1) is 6.61 Å². The Hall–Kier alpha value is 0.370. The monoisotopic (exact) mass is 238 g/mol. The molecule has 0 unspecified atom stereocenters. The van der Waals surface area contributed by atoms with E-state index in [1.165, 1.54) is 19.3 Å². The van der Waals surface area contributed by atoms with E-state index in [-0.39, 0.29) is 0 Å². The normalized spacial score (nSPS) is 9.64. The lowest BCUT2D eigenvalue weighted by molar-refractivity contribution is 0.298. The summed E-state index contributed by atoms with van der Waals surface area (Å²) in [6, 6.07) is 0. The summed E-state index contributed by atoms with van der Waals surface area (Å²) in [7, 11) is 0. The minimum Gasteiger partial charge on any atom is -0.487 e. The SMILES string of the molecule is CC(=S)OCCCCCCBr. The second kappa shape index (κ2) is 8.47. The molecule has 3 heteroatoms. The van der Waals surface area contributed by atoms with Crippen LogP contribution >= 0.6 is 28.1 Å². The van der Waals surface area contributed by atoms with Crippen LogP contribution in [0.3, 0.4) is 0 Å². The molecule has 0 amide bonds. The summed E-state index contributed by atoms with van der Waals surface area (Å²) in [4.78, 5) is 0. The van der Waals surface area contributed by atoms with E-state index in [1.54, 1.807) is 0 Å². The molecule has 0 aromatic heterocycles. The molecular weight excluding hydrogens is 224 g/mol. The van der Waals surface area contributed by atoms with Crippen molar-refractivity contribution in [2.24, 2.45) is 0 Å². The van der Waals surface area contributed by atoms with Crippen molar-refractivity contribution in [3.63, 3.8) is 0 Å². The molecule has 0 bridgehead atoms. The predicted octanol–water partition coefficient (Wildman–Crippen LogP) is 3.31. The maximum absolute atomic E-state index is 5.14. The van der Waals surface area contributed by atoms with Crippen LogP contribution in [0.4, 0.5) is 0 Å². The van der Waals surface area contributed by atoms with E-state index in [0.29, 0.717) is 5.05 Å². The van der Waals surface area contributed by atoms with Gasteiger partial charge in [0, 0.05) is 12.3 Å². The standard InChI is InChI=1S/C8H15BrOS/c1-8(11)10-7-5-3-2-4-6-9/h2-7H2,1H3. The Labute approximate surface area is 82.6 Å². The Morgan fingerprint density at radius 3 is 2.45 bits per heavy atom. The minimum absolute atomic E-state index is 0.658. The maximum Gasteiger partial charge on any atom is 0.156 e. The van der Waals surface area contributed by atoms with E-state index < -0.39 is 0 Å². The molecule has 0 saturated heterocycles. The van der Waals surface area contributed by atoms with E-state index in [2.05, 4.69) is 15.9 Å². The van der Waals surface area contributed by atoms with Crippen LogP contribution in [0.15, 0.2) is 0 Å². The van der Waals surface area contributed by atoms with Gasteiger partial charge in [-0.2, -0.15) is 0 Å². The van der Waals surface area contributed by atoms with Gasteiger partial charge in [0.25, 0.3) is 0 Å². The Bertz CT molecular complexity index is 106. The van der Waals surface area contributed by atoms with Crippen LogP contribution in [0.25, 0.3) is 0 Å². The zero-order chi connectivity index (χ0) is 8.53. The van der Waals surface area contributed by atoms with Gasteiger partial charge >= 0.3 is 0 Å². The lowest BCUT2D eigenvalue weighted by atomic mass is 10.2. The zero-order valence-electron chi connectivity index (χ0n) is 6.94. The highest BCUT2D eigenvalue weighted by atomic mass is 79.9. The Morgan fingerprint density at radius 2 is 1.91 bits per heavy atom. The highest BCUT2D eigenvalue weighted by molar-refractivity contribution is 9.09. The fourth-order valence-electron chi connectivity index (χ4n) is 0.766. The number of thiocarbonyl (C=S) groups is 1. The van der Waals surface area contributed by atoms with Crippen molar-refractivity contribution in [2.45, 2.75) is 32.6 Å². The largest absolute Gasteiger partial charge is 0.487 e. The number of hydrogen-bond donors (Lipinski definition) is 0. The van der Waals surface area contributed by atoms with Crippen molar-refractivity contribution in [1.29, 1.82) is 0 Å². The fourth-order valence-corrected chi connectivity index (χ4v) is 1.25. The Morgan fingerprint density at radius 1 is 1.27 bits per heavy atom. The van der Waals surface area contributed by atoms with Gasteiger partial charge in [-0.25, -0.2) is 0 Å². The minimum atomic E-state index is 0.658. The van der Waals surface area contributed by atoms with Gasteiger partial charge in [0.15, 0.2) is 5.05 Å². The summed E-state index contributed by atoms with van der Waals surface area (Å²) in [5.74, 6) is 0. The number of hydrogen-bond acceptors (Lipinski definition) is 2. The lowest BCUT2D eigenvalue weighted by Crippen LogP contribution is -1.97. The third-order valence-electron chi connectivity index (χ3n) is 1.33. The van der Waals surface area contributed by atoms with Crippen LogP contribution in [0.2, 0.25) is 0 Å². The average Bonchev–Trinajstić information content (AvgIpc) is 1.96. The van der Waals surface area contributed by atoms with E-state index >= 15 is 0 Å². The van der Waals surface area contributed by atoms with E-state index in [1.807, 2.05) is 6.92 Å². The molecule has 0 aromatic carbocycles. The molecular formula is C8H15BrOS. The summed E-state index contributed by atoms with van der Waals surface area (Å²) in [6.07, 6.45) is 4.91. The third kappa shape index (κ3) is 10.4. The highest BCUT2D eigenvalue weighted by Crippen LogP contribution is 2.02. The molecule has 0 fully saturated rings. The van der Waals surface area contributed by atoms with Crippen LogP contribution in [0.1, 0.15) is 32.6 Å². The van der Waals surface area contributed by atoms with Gasteiger partial charge in [-0.3, -0.25) is 0 Å². The molecule has 0 atom stereocenters. The van der Waals surface area contributed by atoms with E-state index in [4.69, 9.17) is 17.0 Å². The van der Waals surface area contributed by atoms with Crippen molar-refractivity contribution in [3.05, 3.63) is 0 Å². The quantitative estimate of drug-likeness (QED) is 0.399. The van der Waals surface area contributed by atoms with Crippen molar-refractivity contribution in [1.82, 2.24) is 0 Å². The number of unbranched alkanes of at least 4 members (excludes halogenated alkanes) is 3. The van der Waals surface area contributed by atoms with Gasteiger partial charge in [0.2, 0.25) is 0 Å². The molecule has 0 aliphatic heterocycles. The smallest absolute Gasteiger partial charge is 0.156 e. The zero-order valence-corrected chi connectivity index (χ0v) is 9.34. The Kier molecular flexibility index (Phi) is 8.75. The fraction of sp³-hybridized carbons (Fsp3) is 0.875. The number of alkyl halides is 1. The predicted molar refractivity (Wildman–Crippen MR) is 56.5 cm³/mol. The summed E-state index contributed by atoms with van der Waals surface area (Å²) in [5.41, 5.74) is 0. The van der Waals surface area contributed by atoms with Crippen LogP contribution in [0, 0.1) is 0 Å². The van der Waals surface area contributed by atoms with Gasteiger partial charge < -0.3 is 4.74 Å². The van der Waals surface area contributed by atoms with Crippen LogP contribution in [-0.2, 0) is 4.74 Å². The number of halogens is 1. The van der Waals surface area contributed by atoms with Crippen LogP contribution < -0.4 is 0 Å². The summed E-state index contributed by atoms with van der Waals surface area (Å²) >= 11 is 8.16. The average molecular weight is 239 g/mol. The molecule has 0 aliphatic rings. The van der Waals surface area contributed by atoms with Crippen molar-refractivity contribution in [3.8, 4) is 0 Å².